The van der Waals surface area contributed by atoms with Crippen LogP contribution in [0.2, 0.25) is 0 Å². The predicted molar refractivity (Wildman–Crippen MR) is 35.9 cm³/mol. The number of carbonyl (C=O) groups excluding carboxylic acids is 1. The maximum Gasteiger partial charge on any atom is 0.355 e. The summed E-state index contributed by atoms with van der Waals surface area (Å²) in [5.41, 5.74) is 0.502. The molecule has 4 heteroatoms. The van der Waals surface area contributed by atoms with Crippen molar-refractivity contribution in [2.45, 2.75) is 6.92 Å². The van der Waals surface area contributed by atoms with Crippen LogP contribution >= 0.6 is 0 Å². The zero-order valence-corrected chi connectivity index (χ0v) is 5.81. The van der Waals surface area contributed by atoms with Crippen LogP contribution in [-0.2, 0) is 9.53 Å². The number of nitrogens with one attached hydrogen (secondary N) is 2. The zero-order valence-electron chi connectivity index (χ0n) is 5.81. The van der Waals surface area contributed by atoms with Gasteiger partial charge in [-0.05, 0) is 6.92 Å². The molecule has 0 saturated heterocycles. The number of rotatable bonds is 2. The van der Waals surface area contributed by atoms with Crippen LogP contribution in [0.1, 0.15) is 6.92 Å². The lowest BCUT2D eigenvalue weighted by atomic mass is 10.5. The van der Waals surface area contributed by atoms with Gasteiger partial charge >= 0.3 is 5.97 Å². The van der Waals surface area contributed by atoms with Gasteiger partial charge in [0, 0.05) is 6.20 Å². The number of hydrogen-bond acceptors (Lipinski definition) is 4. The fourth-order valence-corrected chi connectivity index (χ4v) is 0.690. The van der Waals surface area contributed by atoms with Crippen LogP contribution in [0, 0.1) is 0 Å². The standard InChI is InChI=1S/C6H10N2O2/c1-2-10-6(9)5-3-7-4-8-5/h3,7-8H,2,4H2,1H3. The molecule has 0 amide bonds. The van der Waals surface area contributed by atoms with Crippen LogP contribution in [0.5, 0.6) is 0 Å². The lowest BCUT2D eigenvalue weighted by molar-refractivity contribution is -0.138. The molecule has 56 valence electrons. The molecule has 1 rings (SSSR count). The van der Waals surface area contributed by atoms with E-state index in [9.17, 15) is 4.79 Å². The number of esters is 1. The molecule has 10 heavy (non-hydrogen) atoms. The zero-order chi connectivity index (χ0) is 7.40. The van der Waals surface area contributed by atoms with Gasteiger partial charge in [-0.2, -0.15) is 0 Å². The van der Waals surface area contributed by atoms with Gasteiger partial charge in [-0.1, -0.05) is 0 Å². The molecule has 0 aromatic rings. The molecule has 1 heterocycles. The second-order valence-electron chi connectivity index (χ2n) is 1.84. The first-order valence-corrected chi connectivity index (χ1v) is 3.19. The summed E-state index contributed by atoms with van der Waals surface area (Å²) < 4.78 is 4.72. The van der Waals surface area contributed by atoms with Crippen molar-refractivity contribution in [2.24, 2.45) is 0 Å². The maximum absolute atomic E-state index is 10.9. The Morgan fingerprint density at radius 2 is 2.70 bits per heavy atom. The molecule has 0 atom stereocenters. The Hall–Kier alpha value is -1.19. The van der Waals surface area contributed by atoms with Crippen molar-refractivity contribution in [1.29, 1.82) is 0 Å². The lowest BCUT2D eigenvalue weighted by Crippen LogP contribution is -2.20. The maximum atomic E-state index is 10.9. The highest BCUT2D eigenvalue weighted by atomic mass is 16.5. The van der Waals surface area contributed by atoms with Crippen molar-refractivity contribution in [3.63, 3.8) is 0 Å². The monoisotopic (exact) mass is 142 g/mol. The van der Waals surface area contributed by atoms with E-state index in [0.717, 1.165) is 0 Å². The molecule has 4 nitrogen and oxygen atoms in total. The molecule has 0 bridgehead atoms. The van der Waals surface area contributed by atoms with E-state index in [0.29, 0.717) is 19.0 Å². The van der Waals surface area contributed by atoms with Gasteiger partial charge < -0.3 is 15.4 Å². The molecular formula is C6H10N2O2. The molecular weight excluding hydrogens is 132 g/mol. The first kappa shape index (κ1) is 6.92. The Bertz CT molecular complexity index is 165. The summed E-state index contributed by atoms with van der Waals surface area (Å²) in [5.74, 6) is -0.299. The highest BCUT2D eigenvalue weighted by Gasteiger charge is 2.12. The van der Waals surface area contributed by atoms with Gasteiger partial charge in [-0.25, -0.2) is 4.79 Å². The minimum absolute atomic E-state index is 0.299. The minimum Gasteiger partial charge on any atom is -0.461 e. The Labute approximate surface area is 59.2 Å². The molecule has 0 saturated carbocycles. The SMILES string of the molecule is CCOC(=O)C1=CNCN1. The summed E-state index contributed by atoms with van der Waals surface area (Å²) >= 11 is 0. The third-order valence-electron chi connectivity index (χ3n) is 1.12. The smallest absolute Gasteiger partial charge is 0.355 e. The Morgan fingerprint density at radius 1 is 1.90 bits per heavy atom. The fourth-order valence-electron chi connectivity index (χ4n) is 0.690. The van der Waals surface area contributed by atoms with Crippen molar-refractivity contribution in [3.05, 3.63) is 11.9 Å². The fraction of sp³-hybridized carbons (Fsp3) is 0.500. The summed E-state index contributed by atoms with van der Waals surface area (Å²) in [5, 5.41) is 5.65. The summed E-state index contributed by atoms with van der Waals surface area (Å²) in [6, 6.07) is 0. The number of hydrogen-bond donors (Lipinski definition) is 2. The van der Waals surface area contributed by atoms with Crippen molar-refractivity contribution in [1.82, 2.24) is 10.6 Å². The number of ether oxygens (including phenoxy) is 1. The average Bonchev–Trinajstić information content (AvgIpc) is 2.38. The van der Waals surface area contributed by atoms with E-state index in [2.05, 4.69) is 10.6 Å². The summed E-state index contributed by atoms with van der Waals surface area (Å²) in [6.07, 6.45) is 1.61. The van der Waals surface area contributed by atoms with Crippen LogP contribution < -0.4 is 10.6 Å². The summed E-state index contributed by atoms with van der Waals surface area (Å²) in [4.78, 5) is 10.9. The molecule has 0 radical (unpaired) electrons. The number of carbonyl (C=O) groups is 1. The van der Waals surface area contributed by atoms with Crippen LogP contribution in [0.3, 0.4) is 0 Å². The minimum atomic E-state index is -0.299. The van der Waals surface area contributed by atoms with Crippen molar-refractivity contribution in [2.75, 3.05) is 13.3 Å². The van der Waals surface area contributed by atoms with Crippen molar-refractivity contribution < 1.29 is 9.53 Å². The van der Waals surface area contributed by atoms with Crippen molar-refractivity contribution >= 4 is 5.97 Å². The van der Waals surface area contributed by atoms with E-state index in [1.807, 2.05) is 0 Å². The second-order valence-corrected chi connectivity index (χ2v) is 1.84. The Morgan fingerprint density at radius 3 is 3.20 bits per heavy atom. The van der Waals surface area contributed by atoms with E-state index < -0.39 is 0 Å². The van der Waals surface area contributed by atoms with Crippen LogP contribution in [0.25, 0.3) is 0 Å². The molecule has 0 aliphatic carbocycles. The third kappa shape index (κ3) is 1.40. The van der Waals surface area contributed by atoms with E-state index in [-0.39, 0.29) is 5.97 Å². The van der Waals surface area contributed by atoms with E-state index in [4.69, 9.17) is 4.74 Å². The molecule has 1 aliphatic rings. The Balaban J connectivity index is 2.40. The summed E-state index contributed by atoms with van der Waals surface area (Å²) in [6.45, 7) is 2.80. The Kier molecular flexibility index (Phi) is 2.15. The highest BCUT2D eigenvalue weighted by Crippen LogP contribution is 1.94. The van der Waals surface area contributed by atoms with Gasteiger partial charge in [0.2, 0.25) is 0 Å². The van der Waals surface area contributed by atoms with Crippen LogP contribution in [0.4, 0.5) is 0 Å². The third-order valence-corrected chi connectivity index (χ3v) is 1.12. The normalized spacial score (nSPS) is 15.1. The van der Waals surface area contributed by atoms with Crippen molar-refractivity contribution in [3.8, 4) is 0 Å². The lowest BCUT2D eigenvalue weighted by Gasteiger charge is -2.00. The average molecular weight is 142 g/mol. The molecule has 1 aliphatic heterocycles. The largest absolute Gasteiger partial charge is 0.461 e. The van der Waals surface area contributed by atoms with Gasteiger partial charge in [0.05, 0.1) is 13.3 Å². The molecule has 0 fully saturated rings. The molecule has 0 spiro atoms. The van der Waals surface area contributed by atoms with Gasteiger partial charge in [0.15, 0.2) is 0 Å². The molecule has 0 aromatic heterocycles. The van der Waals surface area contributed by atoms with Gasteiger partial charge in [0.1, 0.15) is 5.70 Å². The van der Waals surface area contributed by atoms with Gasteiger partial charge in [-0.3, -0.25) is 0 Å². The van der Waals surface area contributed by atoms with E-state index in [1.54, 1.807) is 13.1 Å². The molecule has 0 unspecified atom stereocenters. The topological polar surface area (TPSA) is 50.4 Å². The van der Waals surface area contributed by atoms with Gasteiger partial charge in [-0.15, -0.1) is 0 Å². The van der Waals surface area contributed by atoms with E-state index >= 15 is 0 Å². The van der Waals surface area contributed by atoms with E-state index in [1.165, 1.54) is 0 Å². The van der Waals surface area contributed by atoms with Crippen LogP contribution in [0.15, 0.2) is 11.9 Å². The predicted octanol–water partition coefficient (Wildman–Crippen LogP) is -0.459. The quantitative estimate of drug-likeness (QED) is 0.512. The second kappa shape index (κ2) is 3.10. The molecule has 2 N–H and O–H groups in total. The molecule has 0 aromatic carbocycles. The van der Waals surface area contributed by atoms with Crippen LogP contribution in [-0.4, -0.2) is 19.2 Å². The highest BCUT2D eigenvalue weighted by molar-refractivity contribution is 5.88. The first-order valence-electron chi connectivity index (χ1n) is 3.19. The first-order chi connectivity index (χ1) is 4.84. The van der Waals surface area contributed by atoms with Gasteiger partial charge in [0.25, 0.3) is 0 Å². The summed E-state index contributed by atoms with van der Waals surface area (Å²) in [7, 11) is 0.